The molecule has 0 radical (unpaired) electrons. The third kappa shape index (κ3) is 4.03. The van der Waals surface area contributed by atoms with Gasteiger partial charge in [0.15, 0.2) is 13.0 Å². The summed E-state index contributed by atoms with van der Waals surface area (Å²) >= 11 is 0. The lowest BCUT2D eigenvalue weighted by molar-refractivity contribution is -0.0163. The molecule has 2 aromatic carbocycles. The van der Waals surface area contributed by atoms with Crippen LogP contribution in [0.15, 0.2) is 55.1 Å². The number of benzene rings is 2. The summed E-state index contributed by atoms with van der Waals surface area (Å²) in [4.78, 5) is 1.46. The average Bonchev–Trinajstić information content (AvgIpc) is 3.16. The molecule has 7 heteroatoms. The van der Waals surface area contributed by atoms with Crippen LogP contribution in [0.4, 0.5) is 10.1 Å². The molecule has 0 saturated carbocycles. The van der Waals surface area contributed by atoms with Gasteiger partial charge in [0.1, 0.15) is 11.4 Å². The van der Waals surface area contributed by atoms with E-state index < -0.39 is 5.67 Å². The number of aryl methyl sites for hydroxylation is 1. The van der Waals surface area contributed by atoms with Crippen LogP contribution in [0.25, 0.3) is 11.4 Å². The van der Waals surface area contributed by atoms with E-state index in [9.17, 15) is 9.65 Å². The number of hydrogen-bond donors (Lipinski definition) is 0. The molecular formula is C24H23FN4O2. The Morgan fingerprint density at radius 1 is 1.26 bits per heavy atom. The van der Waals surface area contributed by atoms with E-state index in [2.05, 4.69) is 17.9 Å². The second-order valence-electron chi connectivity index (χ2n) is 7.89. The van der Waals surface area contributed by atoms with Crippen molar-refractivity contribution in [2.75, 3.05) is 11.7 Å². The maximum absolute atomic E-state index is 14.3. The maximum Gasteiger partial charge on any atom is 0.189 e. The summed E-state index contributed by atoms with van der Waals surface area (Å²) < 4.78 is 26.8. The smallest absolute Gasteiger partial charge is 0.189 e. The molecule has 6 nitrogen and oxygen atoms in total. The zero-order valence-corrected chi connectivity index (χ0v) is 17.7. The average molecular weight is 418 g/mol. The molecule has 1 aliphatic rings. The molecule has 158 valence electrons. The predicted octanol–water partition coefficient (Wildman–Crippen LogP) is 5.21. The van der Waals surface area contributed by atoms with E-state index >= 15 is 0 Å². The highest BCUT2D eigenvalue weighted by atomic mass is 19.1. The summed E-state index contributed by atoms with van der Waals surface area (Å²) in [5.74, 6) is 0.751. The van der Waals surface area contributed by atoms with Gasteiger partial charge >= 0.3 is 0 Å². The first-order valence-electron chi connectivity index (χ1n) is 9.87. The molecule has 0 spiro atoms. The molecule has 1 aliphatic heterocycles. The van der Waals surface area contributed by atoms with Gasteiger partial charge in [0.25, 0.3) is 0 Å². The van der Waals surface area contributed by atoms with Crippen LogP contribution in [0, 0.1) is 18.4 Å². The second kappa shape index (κ2) is 7.89. The zero-order chi connectivity index (χ0) is 22.2. The van der Waals surface area contributed by atoms with E-state index in [-0.39, 0.29) is 6.79 Å². The topological polar surface area (TPSA) is 63.3 Å². The number of halogens is 1. The van der Waals surface area contributed by atoms with Crippen LogP contribution < -0.4 is 9.64 Å². The van der Waals surface area contributed by atoms with E-state index in [1.807, 2.05) is 49.4 Å². The Kier molecular flexibility index (Phi) is 5.25. The van der Waals surface area contributed by atoms with Crippen molar-refractivity contribution in [3.05, 3.63) is 77.6 Å². The fourth-order valence-corrected chi connectivity index (χ4v) is 3.46. The van der Waals surface area contributed by atoms with Gasteiger partial charge < -0.3 is 9.47 Å². The van der Waals surface area contributed by atoms with Crippen LogP contribution in [-0.4, -0.2) is 16.6 Å². The molecule has 3 aromatic rings. The Balaban J connectivity index is 1.66. The van der Waals surface area contributed by atoms with Crippen molar-refractivity contribution < 1.29 is 13.9 Å². The third-order valence-corrected chi connectivity index (χ3v) is 5.15. The lowest BCUT2D eigenvalue weighted by Crippen LogP contribution is -2.16. The van der Waals surface area contributed by atoms with E-state index in [4.69, 9.17) is 9.47 Å². The van der Waals surface area contributed by atoms with E-state index in [0.717, 1.165) is 28.3 Å². The fourth-order valence-electron chi connectivity index (χ4n) is 3.46. The molecule has 31 heavy (non-hydrogen) atoms. The molecule has 0 N–H and O–H groups in total. The van der Waals surface area contributed by atoms with Crippen molar-refractivity contribution in [1.82, 2.24) is 9.78 Å². The SMILES string of the molecule is C=C(c1cccc(-n2nc(C(C)(C)F)cc2C)c1)N(C#N)c1ccc2c(c1)COCO2. The number of anilines is 1. The van der Waals surface area contributed by atoms with Gasteiger partial charge in [0.2, 0.25) is 0 Å². The van der Waals surface area contributed by atoms with Gasteiger partial charge in [0.05, 0.1) is 29.4 Å². The molecule has 0 amide bonds. The Morgan fingerprint density at radius 3 is 2.77 bits per heavy atom. The molecular weight excluding hydrogens is 395 g/mol. The quantitative estimate of drug-likeness (QED) is 0.420. The summed E-state index contributed by atoms with van der Waals surface area (Å²) in [6, 6.07) is 14.7. The summed E-state index contributed by atoms with van der Waals surface area (Å²) in [6.07, 6.45) is 2.20. The van der Waals surface area contributed by atoms with Crippen LogP contribution in [0.3, 0.4) is 0 Å². The second-order valence-corrected chi connectivity index (χ2v) is 7.89. The van der Waals surface area contributed by atoms with Gasteiger partial charge in [-0.05, 0) is 57.2 Å². The highest BCUT2D eigenvalue weighted by molar-refractivity contribution is 5.81. The number of rotatable bonds is 5. The molecule has 2 heterocycles. The highest BCUT2D eigenvalue weighted by Crippen LogP contribution is 2.32. The number of nitrogens with zero attached hydrogens (tertiary/aromatic N) is 4. The lowest BCUT2D eigenvalue weighted by Gasteiger charge is -2.23. The monoisotopic (exact) mass is 418 g/mol. The first kappa shape index (κ1) is 20.6. The van der Waals surface area contributed by atoms with Crippen molar-refractivity contribution in [1.29, 1.82) is 5.26 Å². The van der Waals surface area contributed by atoms with Crippen LogP contribution >= 0.6 is 0 Å². The minimum atomic E-state index is -1.53. The van der Waals surface area contributed by atoms with Crippen molar-refractivity contribution in [3.8, 4) is 17.6 Å². The Labute approximate surface area is 180 Å². The van der Waals surface area contributed by atoms with Crippen molar-refractivity contribution in [2.45, 2.75) is 33.0 Å². The summed E-state index contributed by atoms with van der Waals surface area (Å²) in [5.41, 5.74) is 3.22. The molecule has 0 fully saturated rings. The number of nitriles is 1. The van der Waals surface area contributed by atoms with Gasteiger partial charge in [-0.25, -0.2) is 14.0 Å². The maximum atomic E-state index is 14.3. The van der Waals surface area contributed by atoms with E-state index in [0.29, 0.717) is 23.7 Å². The van der Waals surface area contributed by atoms with E-state index in [1.165, 1.54) is 18.7 Å². The Bertz CT molecular complexity index is 1190. The van der Waals surface area contributed by atoms with Crippen LogP contribution in [0.5, 0.6) is 5.75 Å². The first-order valence-corrected chi connectivity index (χ1v) is 9.87. The number of ether oxygens (including phenoxy) is 2. The fraction of sp³-hybridized carbons (Fsp3) is 0.250. The van der Waals surface area contributed by atoms with Gasteiger partial charge in [-0.15, -0.1) is 0 Å². The van der Waals surface area contributed by atoms with Crippen molar-refractivity contribution in [2.24, 2.45) is 0 Å². The predicted molar refractivity (Wildman–Crippen MR) is 116 cm³/mol. The van der Waals surface area contributed by atoms with Crippen LogP contribution in [0.2, 0.25) is 0 Å². The lowest BCUT2D eigenvalue weighted by atomic mass is 10.1. The zero-order valence-electron chi connectivity index (χ0n) is 17.7. The molecule has 1 aromatic heterocycles. The van der Waals surface area contributed by atoms with Gasteiger partial charge in [-0.3, -0.25) is 0 Å². The number of fused-ring (bicyclic) bond motifs is 1. The first-order chi connectivity index (χ1) is 14.8. The summed E-state index contributed by atoms with van der Waals surface area (Å²) in [6.45, 7) is 9.63. The minimum absolute atomic E-state index is 0.224. The summed E-state index contributed by atoms with van der Waals surface area (Å²) in [7, 11) is 0. The molecule has 0 atom stereocenters. The van der Waals surface area contributed by atoms with Gasteiger partial charge in [0, 0.05) is 16.8 Å². The molecule has 0 saturated heterocycles. The highest BCUT2D eigenvalue weighted by Gasteiger charge is 2.24. The third-order valence-electron chi connectivity index (χ3n) is 5.15. The van der Waals surface area contributed by atoms with Gasteiger partial charge in [-0.1, -0.05) is 18.7 Å². The van der Waals surface area contributed by atoms with Crippen LogP contribution in [-0.2, 0) is 17.0 Å². The minimum Gasteiger partial charge on any atom is -0.467 e. The molecule has 0 aliphatic carbocycles. The van der Waals surface area contributed by atoms with Crippen molar-refractivity contribution in [3.63, 3.8) is 0 Å². The van der Waals surface area contributed by atoms with Crippen molar-refractivity contribution >= 4 is 11.4 Å². The van der Waals surface area contributed by atoms with Crippen LogP contribution in [0.1, 0.15) is 36.4 Å². The van der Waals surface area contributed by atoms with E-state index in [1.54, 1.807) is 10.7 Å². The number of aromatic nitrogens is 2. The summed E-state index contributed by atoms with van der Waals surface area (Å²) in [5, 5.41) is 14.3. The molecule has 4 rings (SSSR count). The largest absolute Gasteiger partial charge is 0.467 e. The molecule has 0 unspecified atom stereocenters. The Hall–Kier alpha value is -3.63. The normalized spacial score (nSPS) is 13.1. The Morgan fingerprint density at radius 2 is 2.06 bits per heavy atom. The van der Waals surface area contributed by atoms with Gasteiger partial charge in [-0.2, -0.15) is 10.4 Å². The standard InChI is InChI=1S/C24H23FN4O2/c1-16-10-23(24(3,4)25)27-29(16)21-7-5-6-18(11-21)17(2)28(14-26)20-8-9-22-19(12-20)13-30-15-31-22/h5-12H,2,13,15H2,1,3-4H3. The molecule has 0 bridgehead atoms. The number of alkyl halides is 1. The number of hydrogen-bond acceptors (Lipinski definition) is 5.